The Morgan fingerprint density at radius 2 is 2.05 bits per heavy atom. The fraction of sp³-hybridized carbons (Fsp3) is 0.353. The molecule has 0 fully saturated rings. The topological polar surface area (TPSA) is 29.5 Å². The van der Waals surface area contributed by atoms with Crippen LogP contribution in [0.5, 0.6) is 0 Å². The Labute approximate surface area is 121 Å². The van der Waals surface area contributed by atoms with E-state index in [4.69, 9.17) is 4.74 Å². The van der Waals surface area contributed by atoms with E-state index < -0.39 is 0 Å². The molecule has 108 valence electrons. The van der Waals surface area contributed by atoms with Crippen LogP contribution in [0.25, 0.3) is 0 Å². The fourth-order valence-corrected chi connectivity index (χ4v) is 2.11. The van der Waals surface area contributed by atoms with Crippen LogP contribution in [0.4, 0.5) is 0 Å². The van der Waals surface area contributed by atoms with Crippen molar-refractivity contribution in [1.29, 1.82) is 0 Å². The van der Waals surface area contributed by atoms with Crippen LogP contribution >= 0.6 is 0 Å². The van der Waals surface area contributed by atoms with Crippen molar-refractivity contribution in [3.05, 3.63) is 60.7 Å². The Morgan fingerprint density at radius 1 is 1.40 bits per heavy atom. The van der Waals surface area contributed by atoms with Gasteiger partial charge in [-0.1, -0.05) is 43.0 Å². The van der Waals surface area contributed by atoms with Crippen LogP contribution in [0.1, 0.15) is 24.9 Å². The molecule has 0 aromatic heterocycles. The molecule has 1 aromatic carbocycles. The van der Waals surface area contributed by atoms with Gasteiger partial charge in [-0.3, -0.25) is 4.90 Å². The lowest BCUT2D eigenvalue weighted by atomic mass is 10.0. The minimum Gasteiger partial charge on any atom is -0.463 e. The molecule has 0 bridgehead atoms. The Hall–Kier alpha value is -1.87. The quantitative estimate of drug-likeness (QED) is 0.413. The third-order valence-electron chi connectivity index (χ3n) is 3.11. The second kappa shape index (κ2) is 8.33. The van der Waals surface area contributed by atoms with Gasteiger partial charge >= 0.3 is 5.97 Å². The number of hydrogen-bond donors (Lipinski definition) is 0. The zero-order valence-electron chi connectivity index (χ0n) is 12.3. The predicted octanol–water partition coefficient (Wildman–Crippen LogP) is 3.35. The van der Waals surface area contributed by atoms with E-state index in [-0.39, 0.29) is 12.0 Å². The molecule has 20 heavy (non-hydrogen) atoms. The molecule has 0 aliphatic rings. The molecular weight excluding hydrogens is 250 g/mol. The Bertz CT molecular complexity index is 453. The van der Waals surface area contributed by atoms with Crippen molar-refractivity contribution in [2.24, 2.45) is 0 Å². The molecule has 3 heteroatoms. The summed E-state index contributed by atoms with van der Waals surface area (Å²) in [6.07, 6.45) is 2.71. The average molecular weight is 273 g/mol. The summed E-state index contributed by atoms with van der Waals surface area (Å²) in [6.45, 7) is 10.3. The summed E-state index contributed by atoms with van der Waals surface area (Å²) in [5, 5.41) is 0. The first-order valence-electron chi connectivity index (χ1n) is 6.81. The predicted molar refractivity (Wildman–Crippen MR) is 82.4 cm³/mol. The molecule has 0 saturated heterocycles. The van der Waals surface area contributed by atoms with Gasteiger partial charge in [0.05, 0.1) is 6.61 Å². The highest BCUT2D eigenvalue weighted by Crippen LogP contribution is 2.23. The zero-order chi connectivity index (χ0) is 15.0. The van der Waals surface area contributed by atoms with E-state index in [0.29, 0.717) is 18.7 Å². The van der Waals surface area contributed by atoms with Gasteiger partial charge in [-0.25, -0.2) is 4.79 Å². The van der Waals surface area contributed by atoms with Crippen molar-refractivity contribution in [3.8, 4) is 0 Å². The minimum absolute atomic E-state index is 0.180. The SMILES string of the molecule is C=CC[C@@H](c1ccccc1)N(C)CC(=C)C(=O)OCC. The van der Waals surface area contributed by atoms with E-state index in [0.717, 1.165) is 6.42 Å². The summed E-state index contributed by atoms with van der Waals surface area (Å²) < 4.78 is 4.96. The van der Waals surface area contributed by atoms with Crippen LogP contribution < -0.4 is 0 Å². The number of ether oxygens (including phenoxy) is 1. The van der Waals surface area contributed by atoms with Gasteiger partial charge in [0.25, 0.3) is 0 Å². The molecule has 0 amide bonds. The van der Waals surface area contributed by atoms with E-state index in [1.807, 2.05) is 31.3 Å². The molecule has 3 nitrogen and oxygen atoms in total. The molecule has 1 atom stereocenters. The van der Waals surface area contributed by atoms with E-state index in [1.54, 1.807) is 6.92 Å². The number of carbonyl (C=O) groups is 1. The first-order valence-corrected chi connectivity index (χ1v) is 6.81. The van der Waals surface area contributed by atoms with Gasteiger partial charge in [-0.2, -0.15) is 0 Å². The summed E-state index contributed by atoms with van der Waals surface area (Å²) in [6, 6.07) is 10.4. The standard InChI is InChI=1S/C17H23NO2/c1-5-10-16(15-11-8-7-9-12-15)18(4)13-14(3)17(19)20-6-2/h5,7-9,11-12,16H,1,3,6,10,13H2,2,4H3/t16-/m0/s1. The van der Waals surface area contributed by atoms with Gasteiger partial charge in [0, 0.05) is 18.2 Å². The van der Waals surface area contributed by atoms with Crippen molar-refractivity contribution in [3.63, 3.8) is 0 Å². The highest BCUT2D eigenvalue weighted by atomic mass is 16.5. The molecule has 0 radical (unpaired) electrons. The number of esters is 1. The number of carbonyl (C=O) groups excluding carboxylic acids is 1. The number of nitrogens with zero attached hydrogens (tertiary/aromatic N) is 1. The number of hydrogen-bond acceptors (Lipinski definition) is 3. The summed E-state index contributed by atoms with van der Waals surface area (Å²) in [7, 11) is 1.98. The van der Waals surface area contributed by atoms with Crippen LogP contribution in [-0.2, 0) is 9.53 Å². The largest absolute Gasteiger partial charge is 0.463 e. The molecule has 1 rings (SSSR count). The van der Waals surface area contributed by atoms with Gasteiger partial charge in [0.15, 0.2) is 0 Å². The van der Waals surface area contributed by atoms with Crippen LogP contribution in [0.2, 0.25) is 0 Å². The summed E-state index contributed by atoms with van der Waals surface area (Å²) in [5.74, 6) is -0.329. The van der Waals surface area contributed by atoms with Crippen molar-refractivity contribution >= 4 is 5.97 Å². The smallest absolute Gasteiger partial charge is 0.334 e. The molecule has 0 unspecified atom stereocenters. The third kappa shape index (κ3) is 4.67. The molecular formula is C17H23NO2. The third-order valence-corrected chi connectivity index (χ3v) is 3.11. The van der Waals surface area contributed by atoms with Gasteiger partial charge in [0.2, 0.25) is 0 Å². The maximum atomic E-state index is 11.6. The summed E-state index contributed by atoms with van der Waals surface area (Å²) >= 11 is 0. The van der Waals surface area contributed by atoms with Crippen molar-refractivity contribution in [2.45, 2.75) is 19.4 Å². The fourth-order valence-electron chi connectivity index (χ4n) is 2.11. The Balaban J connectivity index is 2.75. The van der Waals surface area contributed by atoms with E-state index in [1.165, 1.54) is 5.56 Å². The molecule has 0 N–H and O–H groups in total. The maximum absolute atomic E-state index is 11.6. The lowest BCUT2D eigenvalue weighted by molar-refractivity contribution is -0.138. The Kier molecular flexibility index (Phi) is 6.74. The second-order valence-electron chi connectivity index (χ2n) is 4.69. The zero-order valence-corrected chi connectivity index (χ0v) is 12.3. The number of benzene rings is 1. The van der Waals surface area contributed by atoms with Gasteiger partial charge in [-0.05, 0) is 26.0 Å². The van der Waals surface area contributed by atoms with E-state index >= 15 is 0 Å². The molecule has 0 heterocycles. The highest BCUT2D eigenvalue weighted by molar-refractivity contribution is 5.88. The normalized spacial score (nSPS) is 11.9. The second-order valence-corrected chi connectivity index (χ2v) is 4.69. The van der Waals surface area contributed by atoms with E-state index in [2.05, 4.69) is 30.2 Å². The average Bonchev–Trinajstić information content (AvgIpc) is 2.45. The van der Waals surface area contributed by atoms with Crippen molar-refractivity contribution in [2.75, 3.05) is 20.2 Å². The Morgan fingerprint density at radius 3 is 2.60 bits per heavy atom. The van der Waals surface area contributed by atoms with E-state index in [9.17, 15) is 4.79 Å². The molecule has 0 aliphatic carbocycles. The lowest BCUT2D eigenvalue weighted by Gasteiger charge is -2.28. The lowest BCUT2D eigenvalue weighted by Crippen LogP contribution is -2.28. The van der Waals surface area contributed by atoms with Crippen molar-refractivity contribution < 1.29 is 9.53 Å². The number of rotatable bonds is 8. The molecule has 0 spiro atoms. The molecule has 0 saturated carbocycles. The summed E-state index contributed by atoms with van der Waals surface area (Å²) in [4.78, 5) is 13.7. The van der Waals surface area contributed by atoms with Gasteiger partial charge in [-0.15, -0.1) is 6.58 Å². The monoisotopic (exact) mass is 273 g/mol. The van der Waals surface area contributed by atoms with Crippen LogP contribution in [0.15, 0.2) is 55.1 Å². The summed E-state index contributed by atoms with van der Waals surface area (Å²) in [5.41, 5.74) is 1.67. The highest BCUT2D eigenvalue weighted by Gasteiger charge is 2.18. The minimum atomic E-state index is -0.329. The van der Waals surface area contributed by atoms with Crippen LogP contribution in [0, 0.1) is 0 Å². The van der Waals surface area contributed by atoms with Crippen LogP contribution in [-0.4, -0.2) is 31.1 Å². The first kappa shape index (κ1) is 16.2. The first-order chi connectivity index (χ1) is 9.60. The van der Waals surface area contributed by atoms with Gasteiger partial charge in [0.1, 0.15) is 0 Å². The van der Waals surface area contributed by atoms with Crippen molar-refractivity contribution in [1.82, 2.24) is 4.90 Å². The van der Waals surface area contributed by atoms with Gasteiger partial charge < -0.3 is 4.74 Å². The molecule has 1 aromatic rings. The maximum Gasteiger partial charge on any atom is 0.334 e. The van der Waals surface area contributed by atoms with Crippen LogP contribution in [0.3, 0.4) is 0 Å². The number of likely N-dealkylation sites (N-methyl/N-ethyl adjacent to an activating group) is 1. The molecule has 0 aliphatic heterocycles.